The molecule has 0 bridgehead atoms. The molecule has 11 nitrogen and oxygen atoms in total. The van der Waals surface area contributed by atoms with Crippen LogP contribution < -0.4 is 10.6 Å². The topological polar surface area (TPSA) is 120 Å². The highest BCUT2D eigenvalue weighted by molar-refractivity contribution is 6.74. The van der Waals surface area contributed by atoms with E-state index in [-0.39, 0.29) is 29.2 Å². The van der Waals surface area contributed by atoms with E-state index in [1.165, 1.54) is 0 Å². The van der Waals surface area contributed by atoms with Crippen LogP contribution in [-0.2, 0) is 23.4 Å². The molecular formula is C28H54N4O7Si. The number of nitrogens with zero attached hydrogens (tertiary/aromatic N) is 2. The highest BCUT2D eigenvalue weighted by atomic mass is 28.4. The van der Waals surface area contributed by atoms with E-state index in [9.17, 15) is 9.59 Å². The minimum absolute atomic E-state index is 0.0204. The van der Waals surface area contributed by atoms with Gasteiger partial charge in [-0.05, 0) is 79.9 Å². The summed E-state index contributed by atoms with van der Waals surface area (Å²) in [6.07, 6.45) is -0.843. The predicted octanol–water partition coefficient (Wildman–Crippen LogP) is 5.01. The largest absolute Gasteiger partial charge is 0.444 e. The lowest BCUT2D eigenvalue weighted by Gasteiger charge is -2.38. The zero-order chi connectivity index (χ0) is 30.7. The molecular weight excluding hydrogens is 532 g/mol. The normalized spacial score (nSPS) is 23.4. The molecule has 2 N–H and O–H groups in total. The number of nitrogens with one attached hydrogen (secondary N) is 2. The summed E-state index contributed by atoms with van der Waals surface area (Å²) in [5, 5.41) is 5.16. The molecule has 2 rings (SSSR count). The van der Waals surface area contributed by atoms with Crippen molar-refractivity contribution in [1.82, 2.24) is 15.5 Å². The van der Waals surface area contributed by atoms with Gasteiger partial charge in [0, 0.05) is 19.6 Å². The molecule has 0 aliphatic carbocycles. The van der Waals surface area contributed by atoms with Gasteiger partial charge in [-0.2, -0.15) is 0 Å². The van der Waals surface area contributed by atoms with Crippen molar-refractivity contribution in [2.24, 2.45) is 4.99 Å². The first kappa shape index (κ1) is 34.5. The van der Waals surface area contributed by atoms with Crippen molar-refractivity contribution in [3.63, 3.8) is 0 Å². The Labute approximate surface area is 242 Å². The van der Waals surface area contributed by atoms with Gasteiger partial charge in [0.15, 0.2) is 14.1 Å². The van der Waals surface area contributed by atoms with E-state index in [0.29, 0.717) is 19.6 Å². The molecule has 0 saturated carbocycles. The Balaban J connectivity index is 2.07. The number of aliphatic imine (C=N–C) groups is 1. The van der Waals surface area contributed by atoms with E-state index in [0.717, 1.165) is 13.1 Å². The molecule has 40 heavy (non-hydrogen) atoms. The molecule has 2 amide bonds. The number of carbonyl (C=O) groups is 2. The SMILES string of the molecule is CC(C)(C)OC(=O)NC(=NCCCN1C[C@@H]2OC(C)(C)O[C@@H]2[C@H]1CO[Si](C)(C)C(C)(C)C)NC(=O)OC(C)(C)C. The van der Waals surface area contributed by atoms with Gasteiger partial charge < -0.3 is 23.4 Å². The summed E-state index contributed by atoms with van der Waals surface area (Å²) in [5.41, 5.74) is -1.40. The van der Waals surface area contributed by atoms with Crippen LogP contribution in [0, 0.1) is 0 Å². The molecule has 2 aliphatic rings. The summed E-state index contributed by atoms with van der Waals surface area (Å²) in [5.74, 6) is -0.635. The van der Waals surface area contributed by atoms with Gasteiger partial charge in [0.25, 0.3) is 0 Å². The Bertz CT molecular complexity index is 887. The second-order valence-corrected chi connectivity index (χ2v) is 19.4. The van der Waals surface area contributed by atoms with Crippen molar-refractivity contribution in [2.75, 3.05) is 26.2 Å². The maximum absolute atomic E-state index is 12.4. The third kappa shape index (κ3) is 10.9. The maximum atomic E-state index is 12.4. The lowest BCUT2D eigenvalue weighted by atomic mass is 10.1. The van der Waals surface area contributed by atoms with E-state index in [1.54, 1.807) is 41.5 Å². The molecule has 2 aliphatic heterocycles. The van der Waals surface area contributed by atoms with Crippen molar-refractivity contribution in [1.29, 1.82) is 0 Å². The summed E-state index contributed by atoms with van der Waals surface area (Å²) < 4.78 is 29.7. The van der Waals surface area contributed by atoms with Crippen LogP contribution in [0.25, 0.3) is 0 Å². The summed E-state index contributed by atoms with van der Waals surface area (Å²) in [6, 6.07) is 0.0594. The number of hydrogen-bond donors (Lipinski definition) is 2. The van der Waals surface area contributed by atoms with Crippen LogP contribution in [0.15, 0.2) is 4.99 Å². The monoisotopic (exact) mass is 586 g/mol. The zero-order valence-corrected chi connectivity index (χ0v) is 28.0. The van der Waals surface area contributed by atoms with Gasteiger partial charge in [-0.25, -0.2) is 9.59 Å². The van der Waals surface area contributed by atoms with Gasteiger partial charge in [-0.1, -0.05) is 20.8 Å². The van der Waals surface area contributed by atoms with Crippen molar-refractivity contribution in [3.05, 3.63) is 0 Å². The summed E-state index contributed by atoms with van der Waals surface area (Å²) in [4.78, 5) is 31.5. The number of hydrogen-bond acceptors (Lipinski definition) is 9. The quantitative estimate of drug-likeness (QED) is 0.185. The number of amides is 2. The fourth-order valence-corrected chi connectivity index (χ4v) is 5.27. The number of carbonyl (C=O) groups excluding carboxylic acids is 2. The Morgan fingerprint density at radius 3 is 1.95 bits per heavy atom. The first-order valence-corrected chi connectivity index (χ1v) is 17.2. The smallest absolute Gasteiger partial charge is 0.414 e. The van der Waals surface area contributed by atoms with Crippen molar-refractivity contribution in [3.8, 4) is 0 Å². The molecule has 2 saturated heterocycles. The van der Waals surface area contributed by atoms with Gasteiger partial charge >= 0.3 is 12.2 Å². The van der Waals surface area contributed by atoms with E-state index in [2.05, 4.69) is 54.4 Å². The Morgan fingerprint density at radius 1 is 0.950 bits per heavy atom. The highest BCUT2D eigenvalue weighted by Gasteiger charge is 2.53. The van der Waals surface area contributed by atoms with E-state index < -0.39 is 37.5 Å². The van der Waals surface area contributed by atoms with Crippen molar-refractivity contribution in [2.45, 2.75) is 136 Å². The summed E-state index contributed by atoms with van der Waals surface area (Å²) >= 11 is 0. The average Bonchev–Trinajstić information content (AvgIpc) is 3.16. The molecule has 2 heterocycles. The van der Waals surface area contributed by atoms with Gasteiger partial charge in [0.1, 0.15) is 23.4 Å². The lowest BCUT2D eigenvalue weighted by Crippen LogP contribution is -2.48. The first-order chi connectivity index (χ1) is 18.0. The molecule has 3 atom stereocenters. The molecule has 0 aromatic carbocycles. The molecule has 0 spiro atoms. The first-order valence-electron chi connectivity index (χ1n) is 14.3. The van der Waals surface area contributed by atoms with Crippen LogP contribution >= 0.6 is 0 Å². The molecule has 0 aromatic rings. The van der Waals surface area contributed by atoms with E-state index in [4.69, 9.17) is 23.4 Å². The highest BCUT2D eigenvalue weighted by Crippen LogP contribution is 2.40. The average molecular weight is 587 g/mol. The maximum Gasteiger partial charge on any atom is 0.414 e. The third-order valence-electron chi connectivity index (χ3n) is 7.02. The van der Waals surface area contributed by atoms with Gasteiger partial charge in [-0.15, -0.1) is 0 Å². The number of alkyl carbamates (subject to hydrolysis) is 2. The fraction of sp³-hybridized carbons (Fsp3) is 0.893. The van der Waals surface area contributed by atoms with Gasteiger partial charge in [0.05, 0.1) is 12.6 Å². The minimum Gasteiger partial charge on any atom is -0.444 e. The van der Waals surface area contributed by atoms with Gasteiger partial charge in [-0.3, -0.25) is 20.5 Å². The zero-order valence-electron chi connectivity index (χ0n) is 27.0. The predicted molar refractivity (Wildman–Crippen MR) is 158 cm³/mol. The Morgan fingerprint density at radius 2 is 1.48 bits per heavy atom. The second-order valence-electron chi connectivity index (χ2n) is 14.6. The summed E-state index contributed by atoms with van der Waals surface area (Å²) in [6.45, 7) is 28.1. The van der Waals surface area contributed by atoms with Crippen LogP contribution in [0.4, 0.5) is 9.59 Å². The number of guanidine groups is 1. The van der Waals surface area contributed by atoms with Crippen LogP contribution in [0.3, 0.4) is 0 Å². The van der Waals surface area contributed by atoms with Gasteiger partial charge in [0.2, 0.25) is 5.96 Å². The second kappa shape index (κ2) is 12.6. The van der Waals surface area contributed by atoms with Crippen molar-refractivity contribution < 1.29 is 33.0 Å². The summed E-state index contributed by atoms with van der Waals surface area (Å²) in [7, 11) is -1.95. The Hall–Kier alpha value is -1.73. The lowest BCUT2D eigenvalue weighted by molar-refractivity contribution is -0.163. The van der Waals surface area contributed by atoms with Crippen LogP contribution in [-0.4, -0.2) is 92.8 Å². The molecule has 0 unspecified atom stereocenters. The van der Waals surface area contributed by atoms with Crippen LogP contribution in [0.5, 0.6) is 0 Å². The van der Waals surface area contributed by atoms with Crippen LogP contribution in [0.1, 0.15) is 82.6 Å². The molecule has 0 radical (unpaired) electrons. The van der Waals surface area contributed by atoms with Crippen LogP contribution in [0.2, 0.25) is 18.1 Å². The number of rotatable bonds is 7. The Kier molecular flexibility index (Phi) is 10.9. The molecule has 232 valence electrons. The van der Waals surface area contributed by atoms with E-state index in [1.807, 2.05) is 13.8 Å². The molecule has 0 aromatic heterocycles. The number of ether oxygens (including phenoxy) is 4. The number of fused-ring (bicyclic) bond motifs is 1. The standard InChI is InChI=1S/C28H54N4O7Si/c1-25(2,3)38-23(33)30-22(31-24(34)39-26(4,5)6)29-15-14-16-32-17-20-21(37-28(10,11)36-20)19(32)18-35-40(12,13)27(7,8)9/h19-21H,14-18H2,1-13H3,(H2,29,30,31,33,34)/t19-,20+,21-/m1/s1. The molecule has 12 heteroatoms. The minimum atomic E-state index is -1.95. The number of likely N-dealkylation sites (tertiary alicyclic amines) is 1. The fourth-order valence-electron chi connectivity index (χ4n) is 4.25. The van der Waals surface area contributed by atoms with Crippen molar-refractivity contribution >= 4 is 26.5 Å². The molecule has 2 fully saturated rings. The van der Waals surface area contributed by atoms with E-state index >= 15 is 0 Å². The third-order valence-corrected chi connectivity index (χ3v) is 11.5.